The van der Waals surface area contributed by atoms with E-state index in [1.807, 2.05) is 0 Å². The predicted octanol–water partition coefficient (Wildman–Crippen LogP) is 1.86. The molecule has 0 fully saturated rings. The maximum atomic E-state index is 5.73. The van der Waals surface area contributed by atoms with Crippen molar-refractivity contribution in [2.75, 3.05) is 14.2 Å². The van der Waals surface area contributed by atoms with Crippen LogP contribution in [0.1, 0.15) is 39.0 Å². The smallest absolute Gasteiger partial charge is 0.224 e. The standard InChI is InChI=1S/C9H21NO2/c1-4-5-6-7-8-9(10,11-2)12-3/h4-8,10H2,1-3H3. The third-order valence-corrected chi connectivity index (χ3v) is 2.07. The Balaban J connectivity index is 3.45. The topological polar surface area (TPSA) is 44.5 Å². The van der Waals surface area contributed by atoms with E-state index in [1.54, 1.807) is 14.2 Å². The maximum absolute atomic E-state index is 5.73. The molecule has 0 amide bonds. The summed E-state index contributed by atoms with van der Waals surface area (Å²) in [6.07, 6.45) is 5.51. The van der Waals surface area contributed by atoms with Crippen molar-refractivity contribution in [3.05, 3.63) is 0 Å². The van der Waals surface area contributed by atoms with Crippen LogP contribution in [0.2, 0.25) is 0 Å². The Bertz CT molecular complexity index is 103. The lowest BCUT2D eigenvalue weighted by Crippen LogP contribution is -2.43. The fourth-order valence-electron chi connectivity index (χ4n) is 1.09. The lowest BCUT2D eigenvalue weighted by Gasteiger charge is -2.25. The van der Waals surface area contributed by atoms with Crippen molar-refractivity contribution in [1.82, 2.24) is 0 Å². The zero-order valence-corrected chi connectivity index (χ0v) is 8.43. The second kappa shape index (κ2) is 6.40. The van der Waals surface area contributed by atoms with Gasteiger partial charge in [0, 0.05) is 20.6 Å². The van der Waals surface area contributed by atoms with E-state index in [0.29, 0.717) is 0 Å². The normalized spacial score (nSPS) is 12.0. The zero-order valence-electron chi connectivity index (χ0n) is 8.43. The molecule has 0 heterocycles. The van der Waals surface area contributed by atoms with E-state index >= 15 is 0 Å². The van der Waals surface area contributed by atoms with Gasteiger partial charge in [-0.05, 0) is 6.42 Å². The number of ether oxygens (including phenoxy) is 2. The summed E-state index contributed by atoms with van der Waals surface area (Å²) in [6.45, 7) is 2.18. The van der Waals surface area contributed by atoms with Crippen LogP contribution in [0.3, 0.4) is 0 Å². The van der Waals surface area contributed by atoms with Gasteiger partial charge in [0.15, 0.2) is 0 Å². The van der Waals surface area contributed by atoms with Crippen molar-refractivity contribution in [3.8, 4) is 0 Å². The minimum Gasteiger partial charge on any atom is -0.341 e. The fraction of sp³-hybridized carbons (Fsp3) is 1.00. The molecule has 0 saturated heterocycles. The molecule has 0 aliphatic carbocycles. The highest BCUT2D eigenvalue weighted by atomic mass is 16.7. The third kappa shape index (κ3) is 4.70. The number of hydrogen-bond acceptors (Lipinski definition) is 3. The van der Waals surface area contributed by atoms with Crippen LogP contribution in [0, 0.1) is 0 Å². The van der Waals surface area contributed by atoms with Gasteiger partial charge < -0.3 is 9.47 Å². The molecule has 0 atom stereocenters. The molecule has 0 bridgehead atoms. The Hall–Kier alpha value is -0.120. The van der Waals surface area contributed by atoms with E-state index in [2.05, 4.69) is 6.92 Å². The molecule has 3 nitrogen and oxygen atoms in total. The summed E-state index contributed by atoms with van der Waals surface area (Å²) in [7, 11) is 3.15. The van der Waals surface area contributed by atoms with E-state index in [1.165, 1.54) is 19.3 Å². The Kier molecular flexibility index (Phi) is 6.34. The molecular formula is C9H21NO2. The van der Waals surface area contributed by atoms with Gasteiger partial charge in [-0.25, -0.2) is 0 Å². The predicted molar refractivity (Wildman–Crippen MR) is 49.7 cm³/mol. The monoisotopic (exact) mass is 175 g/mol. The quantitative estimate of drug-likeness (QED) is 0.474. The summed E-state index contributed by atoms with van der Waals surface area (Å²) in [4.78, 5) is 0. The number of rotatable bonds is 7. The number of methoxy groups -OCH3 is 2. The molecule has 12 heavy (non-hydrogen) atoms. The number of nitrogens with two attached hydrogens (primary N) is 1. The zero-order chi connectivity index (χ0) is 9.45. The van der Waals surface area contributed by atoms with Crippen molar-refractivity contribution >= 4 is 0 Å². The van der Waals surface area contributed by atoms with E-state index in [4.69, 9.17) is 15.2 Å². The summed E-state index contributed by atoms with van der Waals surface area (Å²) >= 11 is 0. The average Bonchev–Trinajstić information content (AvgIpc) is 2.12. The van der Waals surface area contributed by atoms with Gasteiger partial charge >= 0.3 is 0 Å². The highest BCUT2D eigenvalue weighted by molar-refractivity contribution is 4.59. The van der Waals surface area contributed by atoms with Gasteiger partial charge in [-0.3, -0.25) is 5.73 Å². The lowest BCUT2D eigenvalue weighted by atomic mass is 10.1. The fourth-order valence-corrected chi connectivity index (χ4v) is 1.09. The third-order valence-electron chi connectivity index (χ3n) is 2.07. The highest BCUT2D eigenvalue weighted by Gasteiger charge is 2.21. The van der Waals surface area contributed by atoms with Crippen LogP contribution in [-0.4, -0.2) is 20.1 Å². The van der Waals surface area contributed by atoms with Gasteiger partial charge in [-0.2, -0.15) is 0 Å². The Labute approximate surface area is 75.2 Å². The summed E-state index contributed by atoms with van der Waals surface area (Å²) in [6, 6.07) is 0. The van der Waals surface area contributed by atoms with Crippen LogP contribution in [0.5, 0.6) is 0 Å². The minimum absolute atomic E-state index is 0.764. The van der Waals surface area contributed by atoms with E-state index < -0.39 is 5.91 Å². The number of unbranched alkanes of at least 4 members (excludes halogenated alkanes) is 3. The van der Waals surface area contributed by atoms with Gasteiger partial charge in [0.1, 0.15) is 0 Å². The molecule has 2 N–H and O–H groups in total. The van der Waals surface area contributed by atoms with Crippen LogP contribution >= 0.6 is 0 Å². The van der Waals surface area contributed by atoms with Crippen molar-refractivity contribution in [3.63, 3.8) is 0 Å². The molecule has 0 saturated carbocycles. The largest absolute Gasteiger partial charge is 0.341 e. The molecule has 0 unspecified atom stereocenters. The first-order valence-corrected chi connectivity index (χ1v) is 4.57. The SMILES string of the molecule is CCCCCCC(N)(OC)OC. The molecule has 0 radical (unpaired) electrons. The maximum Gasteiger partial charge on any atom is 0.224 e. The Morgan fingerprint density at radius 1 is 1.08 bits per heavy atom. The minimum atomic E-state index is -0.867. The van der Waals surface area contributed by atoms with Gasteiger partial charge in [0.2, 0.25) is 5.91 Å². The van der Waals surface area contributed by atoms with Gasteiger partial charge in [0.25, 0.3) is 0 Å². The number of hydrogen-bond donors (Lipinski definition) is 1. The first-order chi connectivity index (χ1) is 5.68. The molecule has 0 spiro atoms. The van der Waals surface area contributed by atoms with Gasteiger partial charge in [-0.15, -0.1) is 0 Å². The van der Waals surface area contributed by atoms with Crippen molar-refractivity contribution in [2.45, 2.75) is 44.9 Å². The molecule has 74 valence electrons. The van der Waals surface area contributed by atoms with Crippen LogP contribution in [-0.2, 0) is 9.47 Å². The summed E-state index contributed by atoms with van der Waals surface area (Å²) in [5, 5.41) is 0. The van der Waals surface area contributed by atoms with E-state index in [9.17, 15) is 0 Å². The molecule has 3 heteroatoms. The van der Waals surface area contributed by atoms with Crippen molar-refractivity contribution in [2.24, 2.45) is 5.73 Å². The lowest BCUT2D eigenvalue weighted by molar-refractivity contribution is -0.207. The molecule has 0 aromatic heterocycles. The van der Waals surface area contributed by atoms with Gasteiger partial charge in [-0.1, -0.05) is 26.2 Å². The average molecular weight is 175 g/mol. The van der Waals surface area contributed by atoms with Gasteiger partial charge in [0.05, 0.1) is 0 Å². The van der Waals surface area contributed by atoms with Crippen molar-refractivity contribution in [1.29, 1.82) is 0 Å². The summed E-state index contributed by atoms with van der Waals surface area (Å²) < 4.78 is 10.0. The molecule has 0 rings (SSSR count). The Morgan fingerprint density at radius 2 is 1.67 bits per heavy atom. The van der Waals surface area contributed by atoms with Crippen LogP contribution < -0.4 is 5.73 Å². The highest BCUT2D eigenvalue weighted by Crippen LogP contribution is 2.14. The summed E-state index contributed by atoms with van der Waals surface area (Å²) in [5.74, 6) is -0.867. The van der Waals surface area contributed by atoms with E-state index in [0.717, 1.165) is 12.8 Å². The van der Waals surface area contributed by atoms with Crippen LogP contribution in [0.25, 0.3) is 0 Å². The first kappa shape index (κ1) is 11.9. The molecular weight excluding hydrogens is 154 g/mol. The second-order valence-electron chi connectivity index (χ2n) is 3.03. The molecule has 0 aromatic rings. The first-order valence-electron chi connectivity index (χ1n) is 4.57. The van der Waals surface area contributed by atoms with Crippen LogP contribution in [0.4, 0.5) is 0 Å². The van der Waals surface area contributed by atoms with Crippen LogP contribution in [0.15, 0.2) is 0 Å². The second-order valence-corrected chi connectivity index (χ2v) is 3.03. The van der Waals surface area contributed by atoms with Crippen molar-refractivity contribution < 1.29 is 9.47 Å². The molecule has 0 aromatic carbocycles. The molecule has 0 aliphatic heterocycles. The van der Waals surface area contributed by atoms with E-state index in [-0.39, 0.29) is 0 Å². The summed E-state index contributed by atoms with van der Waals surface area (Å²) in [5.41, 5.74) is 5.73. The Morgan fingerprint density at radius 3 is 2.08 bits per heavy atom. The molecule has 0 aliphatic rings.